The molecule has 218 valence electrons. The predicted molar refractivity (Wildman–Crippen MR) is 152 cm³/mol. The maximum absolute atomic E-state index is 14.0. The van der Waals surface area contributed by atoms with E-state index in [1.54, 1.807) is 54.6 Å². The number of aromatic nitrogens is 3. The maximum Gasteiger partial charge on any atom is 0.419 e. The van der Waals surface area contributed by atoms with Crippen molar-refractivity contribution in [2.75, 3.05) is 0 Å². The van der Waals surface area contributed by atoms with E-state index >= 15 is 0 Å². The van der Waals surface area contributed by atoms with Crippen LogP contribution in [-0.4, -0.2) is 43.2 Å². The number of benzene rings is 3. The molecule has 1 unspecified atom stereocenters. The maximum atomic E-state index is 14.0. The molecule has 3 N–H and O–H groups in total. The van der Waals surface area contributed by atoms with Gasteiger partial charge in [0, 0.05) is 5.02 Å². The Balaban J connectivity index is 1.53. The quantitative estimate of drug-likeness (QED) is 0.195. The zero-order chi connectivity index (χ0) is 30.1. The average molecular weight is 652 g/mol. The first kappa shape index (κ1) is 29.5. The number of rotatable bonds is 10. The van der Waals surface area contributed by atoms with Gasteiger partial charge in [0.25, 0.3) is 0 Å². The second-order valence-electron chi connectivity index (χ2n) is 8.83. The molecule has 0 bridgehead atoms. The predicted octanol–water partition coefficient (Wildman–Crippen LogP) is 4.45. The Bertz CT molecular complexity index is 1980. The molecule has 5 aromatic rings. The number of carbonyl (C=O) groups is 1. The molecule has 1 atom stereocenters. The van der Waals surface area contributed by atoms with Crippen LogP contribution < -0.4 is 9.44 Å². The van der Waals surface area contributed by atoms with Crippen LogP contribution in [0.1, 0.15) is 27.6 Å². The van der Waals surface area contributed by atoms with Crippen molar-refractivity contribution >= 4 is 59.3 Å². The first-order chi connectivity index (χ1) is 19.9. The number of halogens is 2. The zero-order valence-corrected chi connectivity index (χ0v) is 24.3. The van der Waals surface area contributed by atoms with Crippen LogP contribution in [0.4, 0.5) is 9.18 Å². The van der Waals surface area contributed by atoms with Crippen molar-refractivity contribution in [3.05, 3.63) is 99.9 Å². The minimum atomic E-state index is -4.45. The van der Waals surface area contributed by atoms with Crippen molar-refractivity contribution in [1.82, 2.24) is 24.6 Å². The van der Waals surface area contributed by atoms with Crippen molar-refractivity contribution < 1.29 is 35.5 Å². The Morgan fingerprint density at radius 3 is 2.50 bits per heavy atom. The lowest BCUT2D eigenvalue weighted by atomic mass is 10.1. The molecule has 0 saturated heterocycles. The fraction of sp³-hybridized carbons (Fsp3) is 0.120. The lowest BCUT2D eigenvalue weighted by Crippen LogP contribution is -2.39. The van der Waals surface area contributed by atoms with Crippen LogP contribution in [0.2, 0.25) is 5.02 Å². The van der Waals surface area contributed by atoms with Crippen LogP contribution in [-0.2, 0) is 32.3 Å². The van der Waals surface area contributed by atoms with Crippen molar-refractivity contribution in [2.45, 2.75) is 17.5 Å². The molecule has 0 fully saturated rings. The molecule has 0 spiro atoms. The van der Waals surface area contributed by atoms with E-state index in [-0.39, 0.29) is 21.8 Å². The van der Waals surface area contributed by atoms with Crippen molar-refractivity contribution in [3.8, 4) is 11.1 Å². The number of nitrogens with zero attached hydrogens (tertiary/aromatic N) is 3. The van der Waals surface area contributed by atoms with E-state index in [9.17, 15) is 26.0 Å². The third kappa shape index (κ3) is 6.91. The van der Waals surface area contributed by atoms with Gasteiger partial charge in [-0.05, 0) is 47.0 Å². The minimum Gasteiger partial charge on any atom is -0.464 e. The van der Waals surface area contributed by atoms with Gasteiger partial charge < -0.3 is 9.52 Å². The van der Waals surface area contributed by atoms with E-state index in [4.69, 9.17) is 21.1 Å². The Hall–Kier alpha value is -3.96. The highest BCUT2D eigenvalue weighted by Gasteiger charge is 2.37. The Kier molecular flexibility index (Phi) is 8.25. The number of carboxylic acid groups (broad SMARTS) is 1. The highest BCUT2D eigenvalue weighted by Crippen LogP contribution is 2.38. The molecule has 17 heteroatoms. The van der Waals surface area contributed by atoms with Crippen LogP contribution in [0.5, 0.6) is 0 Å². The molecule has 3 aromatic carbocycles. The SMILES string of the molecule is O=C(O)NS(=O)(=O)NCc1nnc(C(c2nc3ccc(-c4cc(F)cc(Cl)c4)cc3s2)S(=O)(=O)Cc2ccccc2)o1. The highest BCUT2D eigenvalue weighted by molar-refractivity contribution is 7.91. The molecule has 0 aliphatic rings. The summed E-state index contributed by atoms with van der Waals surface area (Å²) in [6, 6.07) is 17.6. The highest BCUT2D eigenvalue weighted by atomic mass is 35.5. The van der Waals surface area contributed by atoms with Crippen LogP contribution in [0, 0.1) is 5.82 Å². The van der Waals surface area contributed by atoms with E-state index < -0.39 is 49.5 Å². The van der Waals surface area contributed by atoms with Crippen LogP contribution >= 0.6 is 22.9 Å². The molecule has 1 amide bonds. The van der Waals surface area contributed by atoms with Crippen LogP contribution in [0.25, 0.3) is 21.3 Å². The van der Waals surface area contributed by atoms with Gasteiger partial charge in [0.15, 0.2) is 15.1 Å². The van der Waals surface area contributed by atoms with Gasteiger partial charge in [-0.25, -0.2) is 27.3 Å². The standard InChI is InChI=1S/C25H19ClFN5O7S3/c26-17-8-16(9-18(27)11-17)15-6-7-19-20(10-15)40-24(29-19)22(41(35,36)13-14-4-2-1-3-5-14)23-31-30-21(39-23)12-28-42(37,38)32-25(33)34/h1-11,22,28,32H,12-13H2,(H,33,34). The molecular weight excluding hydrogens is 633 g/mol. The molecule has 5 rings (SSSR count). The molecule has 0 aliphatic carbocycles. The second kappa shape index (κ2) is 11.7. The minimum absolute atomic E-state index is 0.110. The molecule has 0 radical (unpaired) electrons. The second-order valence-corrected chi connectivity index (χ2v) is 13.9. The largest absolute Gasteiger partial charge is 0.464 e. The summed E-state index contributed by atoms with van der Waals surface area (Å²) in [5.41, 5.74) is 2.12. The summed E-state index contributed by atoms with van der Waals surface area (Å²) in [5, 5.41) is 15.1. The van der Waals surface area contributed by atoms with Gasteiger partial charge >= 0.3 is 16.3 Å². The number of amides is 1. The van der Waals surface area contributed by atoms with E-state index in [0.29, 0.717) is 26.9 Å². The van der Waals surface area contributed by atoms with E-state index in [1.165, 1.54) is 16.9 Å². The monoisotopic (exact) mass is 651 g/mol. The first-order valence-corrected chi connectivity index (χ1v) is 16.2. The van der Waals surface area contributed by atoms with E-state index in [2.05, 4.69) is 15.2 Å². The normalized spacial score (nSPS) is 12.8. The van der Waals surface area contributed by atoms with Gasteiger partial charge in [0.2, 0.25) is 11.8 Å². The fourth-order valence-corrected chi connectivity index (χ4v) is 8.00. The van der Waals surface area contributed by atoms with Gasteiger partial charge in [-0.1, -0.05) is 48.0 Å². The van der Waals surface area contributed by atoms with Crippen molar-refractivity contribution in [1.29, 1.82) is 0 Å². The fourth-order valence-electron chi connectivity index (χ4n) is 4.01. The summed E-state index contributed by atoms with van der Waals surface area (Å²) in [4.78, 5) is 15.2. The third-order valence-electron chi connectivity index (χ3n) is 5.74. The van der Waals surface area contributed by atoms with E-state index in [1.807, 2.05) is 4.72 Å². The number of hydrogen-bond acceptors (Lipinski definition) is 10. The topological polar surface area (TPSA) is 181 Å². The third-order valence-corrected chi connectivity index (χ3v) is 10.0. The molecular formula is C25H19ClFN5O7S3. The van der Waals surface area contributed by atoms with Gasteiger partial charge in [-0.3, -0.25) is 0 Å². The lowest BCUT2D eigenvalue weighted by molar-refractivity contribution is 0.201. The summed E-state index contributed by atoms with van der Waals surface area (Å²) in [6.45, 7) is -0.611. The zero-order valence-electron chi connectivity index (χ0n) is 21.1. The summed E-state index contributed by atoms with van der Waals surface area (Å²) < 4.78 is 74.4. The molecule has 12 nitrogen and oxygen atoms in total. The molecule has 0 saturated carbocycles. The van der Waals surface area contributed by atoms with Gasteiger partial charge in [-0.2, -0.15) is 13.1 Å². The van der Waals surface area contributed by atoms with Crippen LogP contribution in [0.15, 0.2) is 71.1 Å². The lowest BCUT2D eigenvalue weighted by Gasteiger charge is -2.12. The molecule has 2 aromatic heterocycles. The summed E-state index contributed by atoms with van der Waals surface area (Å²) in [5.74, 6) is -1.58. The van der Waals surface area contributed by atoms with Gasteiger partial charge in [0.1, 0.15) is 10.8 Å². The van der Waals surface area contributed by atoms with Gasteiger partial charge in [0.05, 0.1) is 22.5 Å². The number of fused-ring (bicyclic) bond motifs is 1. The smallest absolute Gasteiger partial charge is 0.419 e. The molecule has 42 heavy (non-hydrogen) atoms. The van der Waals surface area contributed by atoms with Crippen LogP contribution in [0.3, 0.4) is 0 Å². The van der Waals surface area contributed by atoms with Crippen molar-refractivity contribution in [2.24, 2.45) is 0 Å². The number of nitrogens with one attached hydrogen (secondary N) is 2. The number of sulfone groups is 1. The summed E-state index contributed by atoms with van der Waals surface area (Å²) >= 11 is 7.07. The average Bonchev–Trinajstić information content (AvgIpc) is 3.53. The Morgan fingerprint density at radius 2 is 1.79 bits per heavy atom. The Morgan fingerprint density at radius 1 is 1.02 bits per heavy atom. The Labute approximate surface area is 247 Å². The number of hydrogen-bond donors (Lipinski definition) is 3. The van der Waals surface area contributed by atoms with E-state index in [0.717, 1.165) is 11.3 Å². The summed E-state index contributed by atoms with van der Waals surface area (Å²) in [7, 11) is -8.54. The summed E-state index contributed by atoms with van der Waals surface area (Å²) in [6.07, 6.45) is -1.81. The first-order valence-electron chi connectivity index (χ1n) is 11.8. The van der Waals surface area contributed by atoms with Crippen molar-refractivity contribution in [3.63, 3.8) is 0 Å². The van der Waals surface area contributed by atoms with Gasteiger partial charge in [-0.15, -0.1) is 21.5 Å². The molecule has 2 heterocycles. The molecule has 0 aliphatic heterocycles. The number of thiazole rings is 1.